The summed E-state index contributed by atoms with van der Waals surface area (Å²) in [4.78, 5) is 2.47. The molecular formula is C11H28N4. The van der Waals surface area contributed by atoms with E-state index >= 15 is 0 Å². The second kappa shape index (κ2) is 10.4. The minimum absolute atomic E-state index is 0.584. The van der Waals surface area contributed by atoms with Gasteiger partial charge in [0, 0.05) is 45.3 Å². The zero-order valence-electron chi connectivity index (χ0n) is 10.8. The molecule has 15 heavy (non-hydrogen) atoms. The molecule has 0 atom stereocenters. The van der Waals surface area contributed by atoms with Crippen LogP contribution in [-0.4, -0.2) is 64.3 Å². The number of rotatable bonds is 10. The smallest absolute Gasteiger partial charge is 0.0108 e. The number of nitrogens with zero attached hydrogens (tertiary/aromatic N) is 1. The van der Waals surface area contributed by atoms with Gasteiger partial charge in [-0.25, -0.2) is 0 Å². The number of hydrogen-bond donors (Lipinski definition) is 3. The highest BCUT2D eigenvalue weighted by atomic mass is 15.2. The van der Waals surface area contributed by atoms with Crippen molar-refractivity contribution in [3.8, 4) is 0 Å². The third-order valence-electron chi connectivity index (χ3n) is 2.34. The van der Waals surface area contributed by atoms with Gasteiger partial charge in [-0.3, -0.25) is 4.90 Å². The van der Waals surface area contributed by atoms with Crippen LogP contribution in [-0.2, 0) is 0 Å². The van der Waals surface area contributed by atoms with Crippen LogP contribution in [0, 0.1) is 0 Å². The summed E-state index contributed by atoms with van der Waals surface area (Å²) in [6.07, 6.45) is 0. The zero-order chi connectivity index (χ0) is 11.5. The van der Waals surface area contributed by atoms with Crippen molar-refractivity contribution in [1.82, 2.24) is 20.9 Å². The van der Waals surface area contributed by atoms with E-state index in [4.69, 9.17) is 0 Å². The first-order valence-electron chi connectivity index (χ1n) is 5.95. The first-order valence-corrected chi connectivity index (χ1v) is 5.95. The van der Waals surface area contributed by atoms with Crippen LogP contribution < -0.4 is 16.0 Å². The molecule has 0 radical (unpaired) electrons. The van der Waals surface area contributed by atoms with E-state index in [-0.39, 0.29) is 0 Å². The van der Waals surface area contributed by atoms with Crippen LogP contribution in [0.3, 0.4) is 0 Å². The molecule has 0 aromatic rings. The molecule has 0 heterocycles. The lowest BCUT2D eigenvalue weighted by molar-refractivity contribution is 0.273. The predicted octanol–water partition coefficient (Wildman–Crippen LogP) is -0.275. The van der Waals surface area contributed by atoms with E-state index in [0.717, 1.165) is 39.3 Å². The van der Waals surface area contributed by atoms with Crippen LogP contribution in [0.1, 0.15) is 13.8 Å². The Labute approximate surface area is 94.8 Å². The van der Waals surface area contributed by atoms with Gasteiger partial charge >= 0.3 is 0 Å². The second-order valence-corrected chi connectivity index (χ2v) is 4.16. The highest BCUT2D eigenvalue weighted by molar-refractivity contribution is 4.63. The topological polar surface area (TPSA) is 39.3 Å². The van der Waals surface area contributed by atoms with E-state index in [1.807, 2.05) is 14.1 Å². The Morgan fingerprint density at radius 3 is 1.73 bits per heavy atom. The minimum Gasteiger partial charge on any atom is -0.318 e. The third-order valence-corrected chi connectivity index (χ3v) is 2.34. The molecule has 0 bridgehead atoms. The van der Waals surface area contributed by atoms with Crippen LogP contribution in [0.5, 0.6) is 0 Å². The van der Waals surface area contributed by atoms with Crippen molar-refractivity contribution in [3.05, 3.63) is 0 Å². The largest absolute Gasteiger partial charge is 0.318 e. The SMILES string of the molecule is CNCCN(CCNC)CCNC(C)C. The molecule has 0 aliphatic heterocycles. The van der Waals surface area contributed by atoms with Gasteiger partial charge in [-0.15, -0.1) is 0 Å². The summed E-state index contributed by atoms with van der Waals surface area (Å²) >= 11 is 0. The Hall–Kier alpha value is -0.160. The molecular weight excluding hydrogens is 188 g/mol. The standard InChI is InChI=1S/C11H28N4/c1-11(2)14-7-10-15(8-5-12-3)9-6-13-4/h11-14H,5-10H2,1-4H3. The lowest BCUT2D eigenvalue weighted by Gasteiger charge is -2.22. The average Bonchev–Trinajstić information content (AvgIpc) is 2.20. The minimum atomic E-state index is 0.584. The predicted molar refractivity (Wildman–Crippen MR) is 67.4 cm³/mol. The van der Waals surface area contributed by atoms with Crippen molar-refractivity contribution in [1.29, 1.82) is 0 Å². The molecule has 4 heteroatoms. The molecule has 0 aromatic carbocycles. The Balaban J connectivity index is 3.58. The molecule has 0 saturated heterocycles. The molecule has 0 saturated carbocycles. The van der Waals surface area contributed by atoms with E-state index in [9.17, 15) is 0 Å². The summed E-state index contributed by atoms with van der Waals surface area (Å²) < 4.78 is 0. The summed E-state index contributed by atoms with van der Waals surface area (Å²) in [5.41, 5.74) is 0. The maximum atomic E-state index is 3.45. The van der Waals surface area contributed by atoms with Crippen molar-refractivity contribution < 1.29 is 0 Å². The van der Waals surface area contributed by atoms with Crippen LogP contribution in [0.15, 0.2) is 0 Å². The van der Waals surface area contributed by atoms with Gasteiger partial charge in [0.15, 0.2) is 0 Å². The van der Waals surface area contributed by atoms with Crippen LogP contribution >= 0.6 is 0 Å². The number of likely N-dealkylation sites (N-methyl/N-ethyl adjacent to an activating group) is 2. The Morgan fingerprint density at radius 2 is 1.33 bits per heavy atom. The van der Waals surface area contributed by atoms with Gasteiger partial charge in [0.2, 0.25) is 0 Å². The van der Waals surface area contributed by atoms with Crippen LogP contribution in [0.4, 0.5) is 0 Å². The molecule has 0 aliphatic carbocycles. The van der Waals surface area contributed by atoms with E-state index in [1.54, 1.807) is 0 Å². The first kappa shape index (κ1) is 14.8. The van der Waals surface area contributed by atoms with Crippen molar-refractivity contribution in [3.63, 3.8) is 0 Å². The van der Waals surface area contributed by atoms with Crippen molar-refractivity contribution in [2.24, 2.45) is 0 Å². The Kier molecular flexibility index (Phi) is 10.3. The molecule has 0 aliphatic rings. The molecule has 0 rings (SSSR count). The third kappa shape index (κ3) is 10.1. The maximum Gasteiger partial charge on any atom is 0.0108 e. The first-order chi connectivity index (χ1) is 7.20. The van der Waals surface area contributed by atoms with Gasteiger partial charge in [0.1, 0.15) is 0 Å². The molecule has 3 N–H and O–H groups in total. The van der Waals surface area contributed by atoms with E-state index in [0.29, 0.717) is 6.04 Å². The van der Waals surface area contributed by atoms with Gasteiger partial charge in [0.25, 0.3) is 0 Å². The lowest BCUT2D eigenvalue weighted by atomic mass is 10.3. The number of hydrogen-bond acceptors (Lipinski definition) is 4. The molecule has 0 fully saturated rings. The molecule has 0 amide bonds. The summed E-state index contributed by atoms with van der Waals surface area (Å²) in [6, 6.07) is 0.584. The van der Waals surface area contributed by atoms with E-state index in [2.05, 4.69) is 34.7 Å². The fourth-order valence-corrected chi connectivity index (χ4v) is 1.39. The van der Waals surface area contributed by atoms with Gasteiger partial charge in [-0.05, 0) is 14.1 Å². The summed E-state index contributed by atoms with van der Waals surface area (Å²) in [7, 11) is 4.01. The monoisotopic (exact) mass is 216 g/mol. The molecule has 0 unspecified atom stereocenters. The summed E-state index contributed by atoms with van der Waals surface area (Å²) in [5, 5.41) is 9.83. The quantitative estimate of drug-likeness (QED) is 0.470. The number of nitrogens with one attached hydrogen (secondary N) is 3. The highest BCUT2D eigenvalue weighted by Crippen LogP contribution is 1.86. The van der Waals surface area contributed by atoms with Crippen molar-refractivity contribution in [2.45, 2.75) is 19.9 Å². The van der Waals surface area contributed by atoms with Crippen molar-refractivity contribution in [2.75, 3.05) is 53.4 Å². The fraction of sp³-hybridized carbons (Fsp3) is 1.00. The van der Waals surface area contributed by atoms with E-state index < -0.39 is 0 Å². The fourth-order valence-electron chi connectivity index (χ4n) is 1.39. The van der Waals surface area contributed by atoms with Gasteiger partial charge in [-0.2, -0.15) is 0 Å². The molecule has 0 spiro atoms. The second-order valence-electron chi connectivity index (χ2n) is 4.16. The Bertz CT molecular complexity index is 120. The molecule has 0 aromatic heterocycles. The maximum absolute atomic E-state index is 3.45. The van der Waals surface area contributed by atoms with Gasteiger partial charge < -0.3 is 16.0 Å². The molecule has 4 nitrogen and oxygen atoms in total. The van der Waals surface area contributed by atoms with Gasteiger partial charge in [0.05, 0.1) is 0 Å². The summed E-state index contributed by atoms with van der Waals surface area (Å²) in [5.74, 6) is 0. The van der Waals surface area contributed by atoms with Gasteiger partial charge in [-0.1, -0.05) is 13.8 Å². The molecule has 92 valence electrons. The van der Waals surface area contributed by atoms with E-state index in [1.165, 1.54) is 0 Å². The highest BCUT2D eigenvalue weighted by Gasteiger charge is 2.03. The van der Waals surface area contributed by atoms with Crippen LogP contribution in [0.25, 0.3) is 0 Å². The Morgan fingerprint density at radius 1 is 0.867 bits per heavy atom. The average molecular weight is 216 g/mol. The lowest BCUT2D eigenvalue weighted by Crippen LogP contribution is -2.40. The zero-order valence-corrected chi connectivity index (χ0v) is 10.8. The normalized spacial score (nSPS) is 11.6. The summed E-state index contributed by atoms with van der Waals surface area (Å²) in [6.45, 7) is 10.9. The van der Waals surface area contributed by atoms with Crippen molar-refractivity contribution >= 4 is 0 Å². The van der Waals surface area contributed by atoms with Crippen LogP contribution in [0.2, 0.25) is 0 Å².